The predicted molar refractivity (Wildman–Crippen MR) is 75.8 cm³/mol. The summed E-state index contributed by atoms with van der Waals surface area (Å²) in [6.07, 6.45) is 0. The maximum Gasteiger partial charge on any atom is 0.326 e. The first-order valence-corrected chi connectivity index (χ1v) is 6.14. The summed E-state index contributed by atoms with van der Waals surface area (Å²) < 4.78 is 5.00. The van der Waals surface area contributed by atoms with Gasteiger partial charge in [-0.25, -0.2) is 4.79 Å². The van der Waals surface area contributed by atoms with Gasteiger partial charge in [0.1, 0.15) is 11.8 Å². The van der Waals surface area contributed by atoms with E-state index in [0.29, 0.717) is 5.75 Å². The molecule has 1 amide bonds. The number of benzene rings is 1. The number of carboxylic acids is 1. The summed E-state index contributed by atoms with van der Waals surface area (Å²) >= 11 is 0. The number of hydrogen-bond acceptors (Lipinski definition) is 4. The van der Waals surface area contributed by atoms with Crippen molar-refractivity contribution in [2.45, 2.75) is 26.8 Å². The molecule has 0 aliphatic carbocycles. The van der Waals surface area contributed by atoms with Gasteiger partial charge >= 0.3 is 5.97 Å². The maximum absolute atomic E-state index is 12.1. The summed E-state index contributed by atoms with van der Waals surface area (Å²) in [5.41, 5.74) is 5.62. The second-order valence-electron chi connectivity index (χ2n) is 5.56. The predicted octanol–water partition coefficient (Wildman–Crippen LogP) is 1.51. The molecule has 0 fully saturated rings. The molecule has 1 aromatic rings. The Labute approximate surface area is 117 Å². The largest absolute Gasteiger partial charge is 0.497 e. The highest BCUT2D eigenvalue weighted by atomic mass is 16.5. The first-order valence-electron chi connectivity index (χ1n) is 6.14. The number of carbonyl (C=O) groups is 2. The van der Waals surface area contributed by atoms with E-state index in [-0.39, 0.29) is 11.3 Å². The van der Waals surface area contributed by atoms with E-state index < -0.39 is 23.3 Å². The Morgan fingerprint density at radius 1 is 1.35 bits per heavy atom. The highest BCUT2D eigenvalue weighted by molar-refractivity contribution is 6.01. The van der Waals surface area contributed by atoms with Gasteiger partial charge in [0.05, 0.1) is 12.7 Å². The lowest BCUT2D eigenvalue weighted by Gasteiger charge is -2.27. The summed E-state index contributed by atoms with van der Waals surface area (Å²) in [6.45, 7) is 5.22. The van der Waals surface area contributed by atoms with Crippen LogP contribution in [0.5, 0.6) is 5.75 Å². The molecule has 1 rings (SSSR count). The lowest BCUT2D eigenvalue weighted by Crippen LogP contribution is -2.49. The monoisotopic (exact) mass is 280 g/mol. The number of methoxy groups -OCH3 is 1. The number of hydrogen-bond donors (Lipinski definition) is 3. The standard InChI is InChI=1S/C14H20N2O4/c1-14(2,3)11(13(18)19)16-12(17)9-6-5-8(20-4)7-10(9)15/h5-7,11H,15H2,1-4H3,(H,16,17)(H,18,19)/t11-/m0/s1. The van der Waals surface area contributed by atoms with Gasteiger partial charge in [0.25, 0.3) is 5.91 Å². The van der Waals surface area contributed by atoms with E-state index in [0.717, 1.165) is 0 Å². The Hall–Kier alpha value is -2.24. The molecule has 0 aromatic heterocycles. The molecule has 0 unspecified atom stereocenters. The second kappa shape index (κ2) is 5.81. The zero-order chi connectivity index (χ0) is 15.5. The van der Waals surface area contributed by atoms with Crippen LogP contribution in [0.25, 0.3) is 0 Å². The molecule has 110 valence electrons. The van der Waals surface area contributed by atoms with Gasteiger partial charge in [-0.15, -0.1) is 0 Å². The maximum atomic E-state index is 12.1. The lowest BCUT2D eigenvalue weighted by atomic mass is 9.86. The molecule has 0 aliphatic heterocycles. The van der Waals surface area contributed by atoms with Gasteiger partial charge in [-0.2, -0.15) is 0 Å². The third kappa shape index (κ3) is 3.63. The normalized spacial score (nSPS) is 12.6. The first kappa shape index (κ1) is 15.8. The second-order valence-corrected chi connectivity index (χ2v) is 5.56. The highest BCUT2D eigenvalue weighted by Gasteiger charge is 2.33. The quantitative estimate of drug-likeness (QED) is 0.725. The molecule has 0 radical (unpaired) electrons. The fourth-order valence-corrected chi connectivity index (χ4v) is 1.73. The van der Waals surface area contributed by atoms with Crippen molar-refractivity contribution < 1.29 is 19.4 Å². The number of rotatable bonds is 4. The molecule has 6 nitrogen and oxygen atoms in total. The van der Waals surface area contributed by atoms with Crippen LogP contribution < -0.4 is 15.8 Å². The average molecular weight is 280 g/mol. The molecule has 0 aliphatic rings. The molecule has 1 aromatic carbocycles. The Morgan fingerprint density at radius 2 is 1.95 bits per heavy atom. The minimum absolute atomic E-state index is 0.223. The van der Waals surface area contributed by atoms with Crippen LogP contribution in [-0.2, 0) is 4.79 Å². The van der Waals surface area contributed by atoms with Crippen molar-refractivity contribution in [3.63, 3.8) is 0 Å². The Bertz CT molecular complexity index is 520. The zero-order valence-electron chi connectivity index (χ0n) is 12.1. The summed E-state index contributed by atoms with van der Waals surface area (Å²) in [4.78, 5) is 23.4. The molecular weight excluding hydrogens is 260 g/mol. The SMILES string of the molecule is COc1ccc(C(=O)N[C@@H](C(=O)O)C(C)(C)C)c(N)c1. The van der Waals surface area contributed by atoms with Gasteiger partial charge < -0.3 is 20.9 Å². The van der Waals surface area contributed by atoms with Crippen LogP contribution in [0.4, 0.5) is 5.69 Å². The fraction of sp³-hybridized carbons (Fsp3) is 0.429. The number of ether oxygens (including phenoxy) is 1. The minimum Gasteiger partial charge on any atom is -0.497 e. The van der Waals surface area contributed by atoms with Crippen LogP contribution in [0.3, 0.4) is 0 Å². The van der Waals surface area contributed by atoms with E-state index in [2.05, 4.69) is 5.32 Å². The van der Waals surface area contributed by atoms with Crippen molar-refractivity contribution in [3.05, 3.63) is 23.8 Å². The molecule has 0 spiro atoms. The number of anilines is 1. The molecule has 0 saturated heterocycles. The number of aliphatic carboxylic acids is 1. The molecular formula is C14H20N2O4. The van der Waals surface area contributed by atoms with Gasteiger partial charge in [0.2, 0.25) is 0 Å². The minimum atomic E-state index is -1.09. The smallest absolute Gasteiger partial charge is 0.326 e. The van der Waals surface area contributed by atoms with Gasteiger partial charge in [-0.3, -0.25) is 4.79 Å². The number of carbonyl (C=O) groups excluding carboxylic acids is 1. The third-order valence-electron chi connectivity index (χ3n) is 2.89. The van der Waals surface area contributed by atoms with Gasteiger partial charge in [-0.05, 0) is 17.5 Å². The van der Waals surface area contributed by atoms with Gasteiger partial charge in [-0.1, -0.05) is 20.8 Å². The van der Waals surface area contributed by atoms with Crippen molar-refractivity contribution in [1.82, 2.24) is 5.32 Å². The molecule has 0 bridgehead atoms. The van der Waals surface area contributed by atoms with Crippen molar-refractivity contribution in [2.24, 2.45) is 5.41 Å². The number of nitrogen functional groups attached to an aromatic ring is 1. The Kier molecular flexibility index (Phi) is 4.60. The number of nitrogens with one attached hydrogen (secondary N) is 1. The highest BCUT2D eigenvalue weighted by Crippen LogP contribution is 2.22. The molecule has 20 heavy (non-hydrogen) atoms. The van der Waals surface area contributed by atoms with E-state index in [4.69, 9.17) is 10.5 Å². The van der Waals surface area contributed by atoms with E-state index in [1.165, 1.54) is 19.2 Å². The van der Waals surface area contributed by atoms with Crippen LogP contribution in [0, 0.1) is 5.41 Å². The summed E-state index contributed by atoms with van der Waals surface area (Å²) in [6, 6.07) is 3.61. The molecule has 6 heteroatoms. The lowest BCUT2D eigenvalue weighted by molar-refractivity contribution is -0.142. The van der Waals surface area contributed by atoms with Crippen molar-refractivity contribution >= 4 is 17.6 Å². The van der Waals surface area contributed by atoms with Crippen LogP contribution >= 0.6 is 0 Å². The van der Waals surface area contributed by atoms with Crippen LogP contribution in [0.15, 0.2) is 18.2 Å². The molecule has 1 atom stereocenters. The van der Waals surface area contributed by atoms with E-state index in [1.807, 2.05) is 0 Å². The number of carboxylic acid groups (broad SMARTS) is 1. The zero-order valence-corrected chi connectivity index (χ0v) is 12.1. The fourth-order valence-electron chi connectivity index (χ4n) is 1.73. The summed E-state index contributed by atoms with van der Waals surface area (Å²) in [5, 5.41) is 11.7. The van der Waals surface area contributed by atoms with Gasteiger partial charge in [0, 0.05) is 11.8 Å². The Balaban J connectivity index is 2.98. The van der Waals surface area contributed by atoms with E-state index in [1.54, 1.807) is 26.8 Å². The molecule has 0 heterocycles. The van der Waals surface area contributed by atoms with Crippen molar-refractivity contribution in [2.75, 3.05) is 12.8 Å². The topological polar surface area (TPSA) is 102 Å². The number of amides is 1. The summed E-state index contributed by atoms with van der Waals surface area (Å²) in [7, 11) is 1.49. The average Bonchev–Trinajstić information content (AvgIpc) is 2.33. The molecule has 0 saturated carbocycles. The van der Waals surface area contributed by atoms with Crippen molar-refractivity contribution in [3.8, 4) is 5.75 Å². The summed E-state index contributed by atoms with van der Waals surface area (Å²) in [5.74, 6) is -1.07. The van der Waals surface area contributed by atoms with Crippen LogP contribution in [-0.4, -0.2) is 30.1 Å². The van der Waals surface area contributed by atoms with Gasteiger partial charge in [0.15, 0.2) is 0 Å². The van der Waals surface area contributed by atoms with E-state index in [9.17, 15) is 14.7 Å². The number of nitrogens with two attached hydrogens (primary N) is 1. The molecule has 4 N–H and O–H groups in total. The van der Waals surface area contributed by atoms with Crippen LogP contribution in [0.1, 0.15) is 31.1 Å². The van der Waals surface area contributed by atoms with Crippen LogP contribution in [0.2, 0.25) is 0 Å². The van der Waals surface area contributed by atoms with E-state index >= 15 is 0 Å². The Morgan fingerprint density at radius 3 is 2.35 bits per heavy atom. The van der Waals surface area contributed by atoms with Crippen molar-refractivity contribution in [1.29, 1.82) is 0 Å². The third-order valence-corrected chi connectivity index (χ3v) is 2.89. The first-order chi connectivity index (χ1) is 9.16.